The lowest BCUT2D eigenvalue weighted by Crippen LogP contribution is -2.21. The van der Waals surface area contributed by atoms with Crippen molar-refractivity contribution >= 4 is 6.08 Å². The molecule has 0 radical (unpaired) electrons. The first kappa shape index (κ1) is 25.2. The first-order valence-corrected chi connectivity index (χ1v) is 11.4. The van der Waals surface area contributed by atoms with E-state index in [9.17, 15) is 22.0 Å². The van der Waals surface area contributed by atoms with Crippen LogP contribution in [0.4, 0.5) is 22.0 Å². The third kappa shape index (κ3) is 6.19. The molecule has 4 aromatic rings. The fourth-order valence-corrected chi connectivity index (χ4v) is 3.78. The highest BCUT2D eigenvalue weighted by Gasteiger charge is 2.28. The van der Waals surface area contributed by atoms with Gasteiger partial charge in [-0.1, -0.05) is 67.9 Å². The van der Waals surface area contributed by atoms with E-state index in [4.69, 9.17) is 0 Å². The summed E-state index contributed by atoms with van der Waals surface area (Å²) in [6.07, 6.45) is 0.199. The summed E-state index contributed by atoms with van der Waals surface area (Å²) < 4.78 is 74.4. The van der Waals surface area contributed by atoms with Crippen LogP contribution in [0, 0.1) is 17.5 Å². The molecule has 36 heavy (non-hydrogen) atoms. The molecule has 0 bridgehead atoms. The number of hydrogen-bond donors (Lipinski definition) is 0. The second kappa shape index (κ2) is 10.8. The highest BCUT2D eigenvalue weighted by atomic mass is 19.3. The van der Waals surface area contributed by atoms with Crippen molar-refractivity contribution in [2.45, 2.75) is 25.9 Å². The Labute approximate surface area is 206 Å². The molecule has 0 fully saturated rings. The second-order valence-corrected chi connectivity index (χ2v) is 8.34. The van der Waals surface area contributed by atoms with E-state index in [-0.39, 0.29) is 11.1 Å². The molecule has 6 heteroatoms. The number of halogens is 5. The minimum absolute atomic E-state index is 0.0693. The summed E-state index contributed by atoms with van der Waals surface area (Å²) in [5, 5.41) is 0. The molecule has 0 aliphatic heterocycles. The first-order valence-electron chi connectivity index (χ1n) is 11.4. The van der Waals surface area contributed by atoms with Crippen molar-refractivity contribution < 1.29 is 26.7 Å². The highest BCUT2D eigenvalue weighted by Crippen LogP contribution is 2.30. The molecule has 0 aliphatic rings. The van der Waals surface area contributed by atoms with Gasteiger partial charge in [0.25, 0.3) is 0 Å². The van der Waals surface area contributed by atoms with Gasteiger partial charge in [-0.15, -0.1) is 0 Å². The number of benzene rings is 4. The number of hydrogen-bond acceptors (Lipinski definition) is 1. The van der Waals surface area contributed by atoms with Crippen LogP contribution in [0.25, 0.3) is 28.3 Å². The molecule has 0 aromatic heterocycles. The molecule has 1 nitrogen and oxygen atoms in total. The maximum atomic E-state index is 14.5. The van der Waals surface area contributed by atoms with Crippen molar-refractivity contribution in [1.29, 1.82) is 0 Å². The Bertz CT molecular complexity index is 1360. The molecular weight excluding hydrogens is 471 g/mol. The van der Waals surface area contributed by atoms with E-state index in [2.05, 4.69) is 23.8 Å². The van der Waals surface area contributed by atoms with E-state index >= 15 is 0 Å². The van der Waals surface area contributed by atoms with Gasteiger partial charge in [0.1, 0.15) is 11.6 Å². The topological polar surface area (TPSA) is 9.23 Å². The highest BCUT2D eigenvalue weighted by molar-refractivity contribution is 5.66. The van der Waals surface area contributed by atoms with E-state index in [1.165, 1.54) is 23.8 Å². The van der Waals surface area contributed by atoms with Crippen LogP contribution in [-0.4, -0.2) is 6.11 Å². The molecule has 0 atom stereocenters. The zero-order valence-corrected chi connectivity index (χ0v) is 19.4. The number of rotatable bonds is 8. The maximum absolute atomic E-state index is 14.5. The zero-order valence-electron chi connectivity index (χ0n) is 19.4. The van der Waals surface area contributed by atoms with E-state index in [1.54, 1.807) is 12.1 Å². The summed E-state index contributed by atoms with van der Waals surface area (Å²) >= 11 is 0. The van der Waals surface area contributed by atoms with Crippen LogP contribution >= 0.6 is 0 Å². The molecule has 0 spiro atoms. The predicted molar refractivity (Wildman–Crippen MR) is 132 cm³/mol. The Hall–Kier alpha value is -3.93. The number of alkyl halides is 2. The molecule has 0 heterocycles. The third-order valence-corrected chi connectivity index (χ3v) is 5.63. The van der Waals surface area contributed by atoms with Crippen molar-refractivity contribution in [3.8, 4) is 28.0 Å². The molecule has 0 aliphatic carbocycles. The van der Waals surface area contributed by atoms with Crippen LogP contribution in [-0.2, 0) is 6.42 Å². The van der Waals surface area contributed by atoms with Gasteiger partial charge in [-0.25, -0.2) is 13.2 Å². The van der Waals surface area contributed by atoms with E-state index < -0.39 is 29.3 Å². The lowest BCUT2D eigenvalue weighted by molar-refractivity contribution is -0.131. The fraction of sp³-hybridized carbons (Fsp3) is 0.133. The van der Waals surface area contributed by atoms with Crippen LogP contribution in [0.1, 0.15) is 24.5 Å². The van der Waals surface area contributed by atoms with Gasteiger partial charge in [0, 0.05) is 17.7 Å². The summed E-state index contributed by atoms with van der Waals surface area (Å²) in [5.41, 5.74) is 3.82. The van der Waals surface area contributed by atoms with Gasteiger partial charge in [0.05, 0.1) is 0 Å². The minimum atomic E-state index is -3.70. The van der Waals surface area contributed by atoms with Crippen molar-refractivity contribution in [2.75, 3.05) is 0 Å². The molecule has 0 unspecified atom stereocenters. The van der Waals surface area contributed by atoms with Crippen LogP contribution < -0.4 is 4.74 Å². The van der Waals surface area contributed by atoms with E-state index in [0.717, 1.165) is 48.2 Å². The Balaban J connectivity index is 1.43. The maximum Gasteiger partial charge on any atom is 0.419 e. The number of aryl methyl sites for hydroxylation is 1. The molecule has 4 aromatic carbocycles. The normalized spacial score (nSPS) is 11.7. The largest absolute Gasteiger partial charge is 0.429 e. The molecular formula is C30H23F5O. The van der Waals surface area contributed by atoms with Gasteiger partial charge in [-0.2, -0.15) is 8.78 Å². The smallest absolute Gasteiger partial charge is 0.419 e. The summed E-state index contributed by atoms with van der Waals surface area (Å²) in [6.45, 7) is 2.13. The SMILES string of the molecule is CCCc1ccc(-c2ccc(C=CC(F)(F)Oc3ccc(-c4ccc(F)c(F)c4)c(F)c3)cc2)cc1. The second-order valence-electron chi connectivity index (χ2n) is 8.34. The predicted octanol–water partition coefficient (Wildman–Crippen LogP) is 9.08. The van der Waals surface area contributed by atoms with Gasteiger partial charge < -0.3 is 4.74 Å². The van der Waals surface area contributed by atoms with Crippen molar-refractivity contribution in [3.63, 3.8) is 0 Å². The van der Waals surface area contributed by atoms with Crippen LogP contribution in [0.5, 0.6) is 5.75 Å². The molecule has 0 saturated heterocycles. The summed E-state index contributed by atoms with van der Waals surface area (Å²) in [7, 11) is 0. The van der Waals surface area contributed by atoms with Gasteiger partial charge in [-0.3, -0.25) is 0 Å². The van der Waals surface area contributed by atoms with E-state index in [0.29, 0.717) is 11.6 Å². The van der Waals surface area contributed by atoms with Crippen molar-refractivity contribution in [1.82, 2.24) is 0 Å². The minimum Gasteiger partial charge on any atom is -0.429 e. The first-order chi connectivity index (χ1) is 17.2. The summed E-state index contributed by atoms with van der Waals surface area (Å²) in [6, 6.07) is 21.4. The van der Waals surface area contributed by atoms with Crippen LogP contribution in [0.2, 0.25) is 0 Å². The Morgan fingerprint density at radius 1 is 0.694 bits per heavy atom. The summed E-state index contributed by atoms with van der Waals surface area (Å²) in [4.78, 5) is 0. The van der Waals surface area contributed by atoms with E-state index in [1.807, 2.05) is 24.3 Å². The molecule has 0 amide bonds. The van der Waals surface area contributed by atoms with Crippen molar-refractivity contribution in [3.05, 3.63) is 120 Å². The molecule has 4 rings (SSSR count). The molecule has 0 saturated carbocycles. The van der Waals surface area contributed by atoms with Gasteiger partial charge in [0.15, 0.2) is 11.6 Å². The van der Waals surface area contributed by atoms with Gasteiger partial charge in [0.2, 0.25) is 0 Å². The van der Waals surface area contributed by atoms with Crippen LogP contribution in [0.3, 0.4) is 0 Å². The van der Waals surface area contributed by atoms with Crippen LogP contribution in [0.15, 0.2) is 91.0 Å². The Morgan fingerprint density at radius 3 is 1.94 bits per heavy atom. The lowest BCUT2D eigenvalue weighted by Gasteiger charge is -2.15. The molecule has 0 N–H and O–H groups in total. The monoisotopic (exact) mass is 494 g/mol. The average molecular weight is 495 g/mol. The van der Waals surface area contributed by atoms with Gasteiger partial charge >= 0.3 is 6.11 Å². The Morgan fingerprint density at radius 2 is 1.33 bits per heavy atom. The third-order valence-electron chi connectivity index (χ3n) is 5.63. The lowest BCUT2D eigenvalue weighted by atomic mass is 10.0. The van der Waals surface area contributed by atoms with Gasteiger partial charge in [-0.05, 0) is 64.6 Å². The van der Waals surface area contributed by atoms with Crippen molar-refractivity contribution in [2.24, 2.45) is 0 Å². The average Bonchev–Trinajstić information content (AvgIpc) is 2.86. The Kier molecular flexibility index (Phi) is 7.53. The molecule has 184 valence electrons. The standard InChI is InChI=1S/C30H23F5O/c1-2-3-20-4-8-22(9-5-20)23-10-6-21(7-11-23)16-17-30(34,35)36-25-13-14-26(28(32)19-25)24-12-15-27(31)29(33)18-24/h4-19H,2-3H2,1H3. The fourth-order valence-electron chi connectivity index (χ4n) is 3.78. The quantitative estimate of drug-likeness (QED) is 0.222. The summed E-state index contributed by atoms with van der Waals surface area (Å²) in [5.74, 6) is -3.52. The number of ether oxygens (including phenoxy) is 1. The zero-order chi connectivity index (χ0) is 25.7.